The van der Waals surface area contributed by atoms with Gasteiger partial charge < -0.3 is 19.5 Å². The number of nitrogens with one attached hydrogen (secondary N) is 1. The molecule has 5 heteroatoms. The van der Waals surface area contributed by atoms with E-state index in [0.29, 0.717) is 11.5 Å². The minimum absolute atomic E-state index is 0.0582. The van der Waals surface area contributed by atoms with Crippen LogP contribution in [0.2, 0.25) is 0 Å². The Morgan fingerprint density at radius 3 is 2.26 bits per heavy atom. The van der Waals surface area contributed by atoms with E-state index in [1.807, 2.05) is 50.2 Å². The Morgan fingerprint density at radius 1 is 1.00 bits per heavy atom. The van der Waals surface area contributed by atoms with Crippen LogP contribution in [0.1, 0.15) is 36.1 Å². The first-order valence-electron chi connectivity index (χ1n) is 8.87. The maximum Gasteiger partial charge on any atom is 0.244 e. The van der Waals surface area contributed by atoms with Crippen LogP contribution in [0, 0.1) is 6.92 Å². The molecular weight excluding hydrogens is 342 g/mol. The molecule has 27 heavy (non-hydrogen) atoms. The van der Waals surface area contributed by atoms with Gasteiger partial charge in [0.15, 0.2) is 11.5 Å². The second-order valence-electron chi connectivity index (χ2n) is 6.15. The number of rotatable bonds is 8. The van der Waals surface area contributed by atoms with Gasteiger partial charge in [0.25, 0.3) is 0 Å². The van der Waals surface area contributed by atoms with Crippen LogP contribution < -0.4 is 19.5 Å². The van der Waals surface area contributed by atoms with Gasteiger partial charge >= 0.3 is 0 Å². The summed E-state index contributed by atoms with van der Waals surface area (Å²) in [4.78, 5) is 12.4. The average molecular weight is 369 g/mol. The first kappa shape index (κ1) is 20.4. The van der Waals surface area contributed by atoms with Crippen molar-refractivity contribution in [3.8, 4) is 17.2 Å². The zero-order valence-electron chi connectivity index (χ0n) is 16.5. The molecule has 0 aliphatic rings. The molecule has 0 heterocycles. The van der Waals surface area contributed by atoms with Gasteiger partial charge in [-0.25, -0.2) is 0 Å². The second kappa shape index (κ2) is 9.67. The van der Waals surface area contributed by atoms with Crippen molar-refractivity contribution in [1.82, 2.24) is 5.32 Å². The molecule has 0 bridgehead atoms. The van der Waals surface area contributed by atoms with E-state index < -0.39 is 0 Å². The Balaban J connectivity index is 2.09. The smallest absolute Gasteiger partial charge is 0.244 e. The summed E-state index contributed by atoms with van der Waals surface area (Å²) in [5.41, 5.74) is 2.96. The molecule has 144 valence electrons. The van der Waals surface area contributed by atoms with Crippen LogP contribution in [0.4, 0.5) is 0 Å². The number of aryl methyl sites for hydroxylation is 1. The molecule has 0 saturated heterocycles. The molecule has 1 amide bonds. The van der Waals surface area contributed by atoms with Crippen molar-refractivity contribution in [2.75, 3.05) is 21.3 Å². The molecule has 0 aromatic heterocycles. The highest BCUT2D eigenvalue weighted by Crippen LogP contribution is 2.28. The van der Waals surface area contributed by atoms with Crippen LogP contribution in [0.25, 0.3) is 6.08 Å². The summed E-state index contributed by atoms with van der Waals surface area (Å²) in [5.74, 6) is 1.97. The van der Waals surface area contributed by atoms with Gasteiger partial charge in [-0.05, 0) is 54.3 Å². The molecule has 2 aromatic rings. The standard InChI is InChI=1S/C22H27NO4/c1-6-18(17-9-11-19(25-3)15(2)13-17)23-22(24)12-8-16-7-10-20(26-4)21(14-16)27-5/h7-14,18H,6H2,1-5H3,(H,23,24)/b12-8+/t18-/m0/s1. The van der Waals surface area contributed by atoms with Crippen molar-refractivity contribution < 1.29 is 19.0 Å². The Kier molecular flexibility index (Phi) is 7.29. The third kappa shape index (κ3) is 5.26. The lowest BCUT2D eigenvalue weighted by Crippen LogP contribution is -2.26. The molecule has 0 radical (unpaired) electrons. The van der Waals surface area contributed by atoms with E-state index in [4.69, 9.17) is 14.2 Å². The normalized spacial score (nSPS) is 11.9. The van der Waals surface area contributed by atoms with Crippen molar-refractivity contribution in [3.63, 3.8) is 0 Å². The largest absolute Gasteiger partial charge is 0.496 e. The van der Waals surface area contributed by atoms with Crippen LogP contribution in [0.5, 0.6) is 17.2 Å². The Hall–Kier alpha value is -2.95. The molecule has 0 spiro atoms. The maximum absolute atomic E-state index is 12.4. The topological polar surface area (TPSA) is 56.8 Å². The van der Waals surface area contributed by atoms with Crippen molar-refractivity contribution >= 4 is 12.0 Å². The maximum atomic E-state index is 12.4. The van der Waals surface area contributed by atoms with Gasteiger partial charge in [-0.1, -0.05) is 25.1 Å². The van der Waals surface area contributed by atoms with Gasteiger partial charge in [-0.2, -0.15) is 0 Å². The third-order valence-corrected chi connectivity index (χ3v) is 4.38. The van der Waals surface area contributed by atoms with Gasteiger partial charge in [-0.3, -0.25) is 4.79 Å². The number of ether oxygens (including phenoxy) is 3. The summed E-state index contributed by atoms with van der Waals surface area (Å²) in [7, 11) is 4.83. The van der Waals surface area contributed by atoms with Crippen LogP contribution in [0.15, 0.2) is 42.5 Å². The first-order chi connectivity index (χ1) is 13.0. The number of hydrogen-bond acceptors (Lipinski definition) is 4. The molecule has 0 unspecified atom stereocenters. The number of benzene rings is 2. The predicted octanol–water partition coefficient (Wildman–Crippen LogP) is 4.30. The highest BCUT2D eigenvalue weighted by molar-refractivity contribution is 5.92. The van der Waals surface area contributed by atoms with Crippen LogP contribution >= 0.6 is 0 Å². The fraction of sp³-hybridized carbons (Fsp3) is 0.318. The number of methoxy groups -OCH3 is 3. The summed E-state index contributed by atoms with van der Waals surface area (Å²) in [5, 5.41) is 3.05. The molecule has 2 aromatic carbocycles. The quantitative estimate of drug-likeness (QED) is 0.705. The summed E-state index contributed by atoms with van der Waals surface area (Å²) in [6.45, 7) is 4.04. The lowest BCUT2D eigenvalue weighted by molar-refractivity contribution is -0.117. The van der Waals surface area contributed by atoms with E-state index in [1.54, 1.807) is 27.4 Å². The number of carbonyl (C=O) groups is 1. The van der Waals surface area contributed by atoms with E-state index in [1.165, 1.54) is 6.08 Å². The van der Waals surface area contributed by atoms with E-state index >= 15 is 0 Å². The number of carbonyl (C=O) groups excluding carboxylic acids is 1. The van der Waals surface area contributed by atoms with Gasteiger partial charge in [0.1, 0.15) is 5.75 Å². The van der Waals surface area contributed by atoms with Gasteiger partial charge in [0.05, 0.1) is 27.4 Å². The zero-order valence-corrected chi connectivity index (χ0v) is 16.5. The molecule has 2 rings (SSSR count). The first-order valence-corrected chi connectivity index (χ1v) is 8.87. The van der Waals surface area contributed by atoms with Crippen molar-refractivity contribution in [1.29, 1.82) is 0 Å². The molecule has 0 fully saturated rings. The monoisotopic (exact) mass is 369 g/mol. The summed E-state index contributed by atoms with van der Waals surface area (Å²) >= 11 is 0. The highest BCUT2D eigenvalue weighted by atomic mass is 16.5. The average Bonchev–Trinajstić information content (AvgIpc) is 2.70. The minimum Gasteiger partial charge on any atom is -0.496 e. The number of hydrogen-bond donors (Lipinski definition) is 1. The highest BCUT2D eigenvalue weighted by Gasteiger charge is 2.13. The van der Waals surface area contributed by atoms with Crippen molar-refractivity contribution in [2.45, 2.75) is 26.3 Å². The third-order valence-electron chi connectivity index (χ3n) is 4.38. The molecule has 0 saturated carbocycles. The number of amides is 1. The Morgan fingerprint density at radius 2 is 1.67 bits per heavy atom. The molecular formula is C22H27NO4. The molecule has 1 N–H and O–H groups in total. The van der Waals surface area contributed by atoms with Crippen LogP contribution in [-0.4, -0.2) is 27.2 Å². The second-order valence-corrected chi connectivity index (χ2v) is 6.15. The Labute approximate surface area is 161 Å². The Bertz CT molecular complexity index is 814. The lowest BCUT2D eigenvalue weighted by Gasteiger charge is -2.18. The van der Waals surface area contributed by atoms with Gasteiger partial charge in [-0.15, -0.1) is 0 Å². The zero-order chi connectivity index (χ0) is 19.8. The van der Waals surface area contributed by atoms with E-state index in [-0.39, 0.29) is 11.9 Å². The van der Waals surface area contributed by atoms with E-state index in [0.717, 1.165) is 28.9 Å². The van der Waals surface area contributed by atoms with Crippen LogP contribution in [0.3, 0.4) is 0 Å². The van der Waals surface area contributed by atoms with Gasteiger partial charge in [0, 0.05) is 6.08 Å². The lowest BCUT2D eigenvalue weighted by atomic mass is 10.0. The predicted molar refractivity (Wildman–Crippen MR) is 107 cm³/mol. The fourth-order valence-corrected chi connectivity index (χ4v) is 2.89. The minimum atomic E-state index is -0.148. The van der Waals surface area contributed by atoms with Gasteiger partial charge in [0.2, 0.25) is 5.91 Å². The molecule has 0 aliphatic heterocycles. The molecule has 5 nitrogen and oxygen atoms in total. The summed E-state index contributed by atoms with van der Waals surface area (Å²) in [6.07, 6.45) is 4.07. The summed E-state index contributed by atoms with van der Waals surface area (Å²) < 4.78 is 15.8. The summed E-state index contributed by atoms with van der Waals surface area (Å²) in [6, 6.07) is 11.4. The molecule has 0 aliphatic carbocycles. The van der Waals surface area contributed by atoms with Crippen LogP contribution in [-0.2, 0) is 4.79 Å². The molecule has 1 atom stereocenters. The van der Waals surface area contributed by atoms with E-state index in [2.05, 4.69) is 5.32 Å². The fourth-order valence-electron chi connectivity index (χ4n) is 2.89. The van der Waals surface area contributed by atoms with E-state index in [9.17, 15) is 4.79 Å². The van der Waals surface area contributed by atoms with Crippen molar-refractivity contribution in [2.24, 2.45) is 0 Å². The SMILES string of the molecule is CC[C@H](NC(=O)/C=C/c1ccc(OC)c(OC)c1)c1ccc(OC)c(C)c1. The van der Waals surface area contributed by atoms with Crippen molar-refractivity contribution in [3.05, 3.63) is 59.2 Å².